The predicted molar refractivity (Wildman–Crippen MR) is 51.4 cm³/mol. The first-order valence-corrected chi connectivity index (χ1v) is 4.24. The lowest BCUT2D eigenvalue weighted by molar-refractivity contribution is -0.142. The smallest absolute Gasteiger partial charge is 0.339 e. The lowest BCUT2D eigenvalue weighted by Crippen LogP contribution is -2.30. The van der Waals surface area contributed by atoms with Crippen LogP contribution >= 0.6 is 0 Å². The predicted octanol–water partition coefficient (Wildman–Crippen LogP) is 1.35. The van der Waals surface area contributed by atoms with E-state index in [1.807, 2.05) is 0 Å². The van der Waals surface area contributed by atoms with Crippen LogP contribution in [0.2, 0.25) is 0 Å². The first kappa shape index (κ1) is 10.7. The Morgan fingerprint density at radius 3 is 2.20 bits per heavy atom. The summed E-state index contributed by atoms with van der Waals surface area (Å²) in [5, 5.41) is 26.3. The minimum absolute atomic E-state index is 0.101. The Bertz CT molecular complexity index is 426. The van der Waals surface area contributed by atoms with Crippen molar-refractivity contribution in [2.75, 3.05) is 0 Å². The summed E-state index contributed by atoms with van der Waals surface area (Å²) in [6.07, 6.45) is -0.101. The topological polar surface area (TPSA) is 84.9 Å². The Balaban J connectivity index is 3.03. The second-order valence-electron chi connectivity index (χ2n) is 3.10. The maximum absolute atomic E-state index is 10.8. The average Bonchev–Trinajstić information content (AvgIpc) is 2.27. The van der Waals surface area contributed by atoms with Crippen molar-refractivity contribution in [2.45, 2.75) is 6.42 Å². The molecule has 1 aromatic rings. The van der Waals surface area contributed by atoms with Crippen molar-refractivity contribution in [3.63, 3.8) is 0 Å². The molecule has 0 saturated carbocycles. The summed E-state index contributed by atoms with van der Waals surface area (Å²) in [6, 6.07) is 11.7. The Morgan fingerprint density at radius 1 is 1.27 bits per heavy atom. The van der Waals surface area contributed by atoms with Gasteiger partial charge in [0.2, 0.25) is 5.41 Å². The van der Waals surface area contributed by atoms with Crippen molar-refractivity contribution in [2.24, 2.45) is 5.41 Å². The van der Waals surface area contributed by atoms with Gasteiger partial charge in [-0.3, -0.25) is 0 Å². The molecule has 0 unspecified atom stereocenters. The molecule has 1 aromatic carbocycles. The minimum Gasteiger partial charge on any atom is -0.479 e. The molecule has 0 bridgehead atoms. The zero-order valence-electron chi connectivity index (χ0n) is 7.84. The molecule has 0 aliphatic rings. The molecule has 0 radical (unpaired) electrons. The molecule has 0 heterocycles. The summed E-state index contributed by atoms with van der Waals surface area (Å²) < 4.78 is 0. The fraction of sp³-hybridized carbons (Fsp3) is 0.182. The summed E-state index contributed by atoms with van der Waals surface area (Å²) in [5.74, 6) is -1.41. The van der Waals surface area contributed by atoms with Crippen LogP contribution < -0.4 is 0 Å². The highest BCUT2D eigenvalue weighted by Gasteiger charge is 2.39. The number of carbonyl (C=O) groups is 1. The highest BCUT2D eigenvalue weighted by molar-refractivity contribution is 5.82. The van der Waals surface area contributed by atoms with E-state index >= 15 is 0 Å². The Kier molecular flexibility index (Phi) is 3.05. The van der Waals surface area contributed by atoms with E-state index in [1.54, 1.807) is 42.5 Å². The summed E-state index contributed by atoms with van der Waals surface area (Å²) >= 11 is 0. The number of aliphatic carboxylic acids is 1. The molecule has 4 heteroatoms. The van der Waals surface area contributed by atoms with Gasteiger partial charge in [0.05, 0.1) is 12.1 Å². The van der Waals surface area contributed by atoms with Crippen molar-refractivity contribution < 1.29 is 9.90 Å². The average molecular weight is 200 g/mol. The number of carboxylic acid groups (broad SMARTS) is 1. The minimum atomic E-state index is -1.98. The number of benzene rings is 1. The van der Waals surface area contributed by atoms with Gasteiger partial charge < -0.3 is 5.11 Å². The molecule has 0 aliphatic carbocycles. The number of nitriles is 2. The standard InChI is InChI=1S/C11H8N2O2/c12-7-11(8-13,10(14)15)6-9-4-2-1-3-5-9/h1-5H,6H2,(H,14,15). The number of hydrogen-bond acceptors (Lipinski definition) is 3. The van der Waals surface area contributed by atoms with E-state index in [1.165, 1.54) is 0 Å². The van der Waals surface area contributed by atoms with E-state index in [4.69, 9.17) is 15.6 Å². The third-order valence-electron chi connectivity index (χ3n) is 2.06. The third-order valence-corrected chi connectivity index (χ3v) is 2.06. The molecule has 4 nitrogen and oxygen atoms in total. The lowest BCUT2D eigenvalue weighted by atomic mass is 9.85. The molecule has 0 spiro atoms. The Labute approximate surface area is 87.0 Å². The second kappa shape index (κ2) is 4.26. The van der Waals surface area contributed by atoms with Gasteiger partial charge in [-0.1, -0.05) is 30.3 Å². The Hall–Kier alpha value is -2.33. The molecular formula is C11H8N2O2. The molecule has 0 amide bonds. The van der Waals surface area contributed by atoms with Crippen LogP contribution in [0.15, 0.2) is 30.3 Å². The molecule has 0 atom stereocenters. The van der Waals surface area contributed by atoms with Gasteiger partial charge in [0.25, 0.3) is 0 Å². The van der Waals surface area contributed by atoms with Gasteiger partial charge in [-0.05, 0) is 5.56 Å². The number of rotatable bonds is 3. The molecule has 0 fully saturated rings. The van der Waals surface area contributed by atoms with Crippen LogP contribution in [0, 0.1) is 28.1 Å². The lowest BCUT2D eigenvalue weighted by Gasteiger charge is -2.12. The largest absolute Gasteiger partial charge is 0.479 e. The second-order valence-corrected chi connectivity index (χ2v) is 3.10. The van der Waals surface area contributed by atoms with E-state index in [-0.39, 0.29) is 6.42 Å². The van der Waals surface area contributed by atoms with Crippen LogP contribution in [0.3, 0.4) is 0 Å². The number of nitrogens with zero attached hydrogens (tertiary/aromatic N) is 2. The maximum atomic E-state index is 10.8. The number of carboxylic acids is 1. The van der Waals surface area contributed by atoms with Crippen molar-refractivity contribution in [3.05, 3.63) is 35.9 Å². The zero-order valence-corrected chi connectivity index (χ0v) is 7.84. The fourth-order valence-electron chi connectivity index (χ4n) is 1.18. The highest BCUT2D eigenvalue weighted by atomic mass is 16.4. The van der Waals surface area contributed by atoms with Crippen molar-refractivity contribution >= 4 is 5.97 Å². The van der Waals surface area contributed by atoms with Gasteiger partial charge in [0, 0.05) is 6.42 Å². The molecule has 0 saturated heterocycles. The van der Waals surface area contributed by atoms with Crippen LogP contribution in [0.1, 0.15) is 5.56 Å². The summed E-state index contributed by atoms with van der Waals surface area (Å²) in [6.45, 7) is 0. The van der Waals surface area contributed by atoms with Gasteiger partial charge in [-0.2, -0.15) is 10.5 Å². The van der Waals surface area contributed by atoms with E-state index in [0.717, 1.165) is 0 Å². The summed E-state index contributed by atoms with van der Waals surface area (Å²) in [5.41, 5.74) is -1.33. The van der Waals surface area contributed by atoms with Crippen molar-refractivity contribution in [3.8, 4) is 12.1 Å². The quantitative estimate of drug-likeness (QED) is 0.797. The molecule has 74 valence electrons. The van der Waals surface area contributed by atoms with E-state index in [9.17, 15) is 4.79 Å². The molecular weight excluding hydrogens is 192 g/mol. The molecule has 1 rings (SSSR count). The molecule has 1 N–H and O–H groups in total. The van der Waals surface area contributed by atoms with Crippen LogP contribution in [0.5, 0.6) is 0 Å². The van der Waals surface area contributed by atoms with E-state index in [2.05, 4.69) is 0 Å². The summed E-state index contributed by atoms with van der Waals surface area (Å²) in [7, 11) is 0. The fourth-order valence-corrected chi connectivity index (χ4v) is 1.18. The summed E-state index contributed by atoms with van der Waals surface area (Å²) in [4.78, 5) is 10.8. The van der Waals surface area contributed by atoms with Crippen LogP contribution in [0.25, 0.3) is 0 Å². The van der Waals surface area contributed by atoms with Crippen LogP contribution in [-0.4, -0.2) is 11.1 Å². The Morgan fingerprint density at radius 2 is 1.80 bits per heavy atom. The highest BCUT2D eigenvalue weighted by Crippen LogP contribution is 2.21. The maximum Gasteiger partial charge on any atom is 0.339 e. The van der Waals surface area contributed by atoms with Crippen molar-refractivity contribution in [1.29, 1.82) is 10.5 Å². The molecule has 0 aliphatic heterocycles. The SMILES string of the molecule is N#CC(C#N)(Cc1ccccc1)C(=O)O. The first-order chi connectivity index (χ1) is 7.14. The van der Waals surface area contributed by atoms with E-state index in [0.29, 0.717) is 5.56 Å². The first-order valence-electron chi connectivity index (χ1n) is 4.24. The van der Waals surface area contributed by atoms with Gasteiger partial charge in [0.1, 0.15) is 0 Å². The van der Waals surface area contributed by atoms with Gasteiger partial charge in [-0.15, -0.1) is 0 Å². The van der Waals surface area contributed by atoms with Gasteiger partial charge in [-0.25, -0.2) is 4.79 Å². The molecule has 15 heavy (non-hydrogen) atoms. The molecule has 0 aromatic heterocycles. The van der Waals surface area contributed by atoms with Gasteiger partial charge in [0.15, 0.2) is 0 Å². The third kappa shape index (κ3) is 2.12. The zero-order chi connectivity index (χ0) is 11.3. The normalized spacial score (nSPS) is 10.0. The van der Waals surface area contributed by atoms with E-state index < -0.39 is 11.4 Å². The van der Waals surface area contributed by atoms with Crippen LogP contribution in [-0.2, 0) is 11.2 Å². The monoisotopic (exact) mass is 200 g/mol. The number of hydrogen-bond donors (Lipinski definition) is 1. The van der Waals surface area contributed by atoms with Crippen molar-refractivity contribution in [1.82, 2.24) is 0 Å². The van der Waals surface area contributed by atoms with Crippen LogP contribution in [0.4, 0.5) is 0 Å². The van der Waals surface area contributed by atoms with Gasteiger partial charge >= 0.3 is 5.97 Å².